The highest BCUT2D eigenvalue weighted by atomic mass is 32.1. The number of anilines is 1. The van der Waals surface area contributed by atoms with Crippen molar-refractivity contribution in [2.45, 2.75) is 38.4 Å². The van der Waals surface area contributed by atoms with Crippen LogP contribution >= 0.6 is 11.3 Å². The van der Waals surface area contributed by atoms with Gasteiger partial charge >= 0.3 is 0 Å². The van der Waals surface area contributed by atoms with Crippen LogP contribution in [0.4, 0.5) is 5.82 Å². The number of aromatic nitrogens is 1. The van der Waals surface area contributed by atoms with Gasteiger partial charge in [0.15, 0.2) is 0 Å². The summed E-state index contributed by atoms with van der Waals surface area (Å²) >= 11 is 1.81. The van der Waals surface area contributed by atoms with Gasteiger partial charge in [0.25, 0.3) is 0 Å². The third kappa shape index (κ3) is 2.96. The maximum atomic E-state index is 5.97. The summed E-state index contributed by atoms with van der Waals surface area (Å²) in [4.78, 5) is 8.34. The number of hydrogen-bond acceptors (Lipinski definition) is 4. The van der Waals surface area contributed by atoms with Crippen LogP contribution in [0.5, 0.6) is 0 Å². The third-order valence-electron chi connectivity index (χ3n) is 3.48. The number of pyridine rings is 1. The minimum absolute atomic E-state index is 0.0598. The van der Waals surface area contributed by atoms with E-state index in [1.54, 1.807) is 0 Å². The van der Waals surface area contributed by atoms with Crippen LogP contribution in [0.15, 0.2) is 35.8 Å². The fourth-order valence-electron chi connectivity index (χ4n) is 2.23. The standard InChI is InChI=1S/C15H19N3S/c1-11(16)12-6-7-17-15(9-12)18(13-4-5-13)10-14-3-2-8-19-14/h2-3,6-9,11,13H,4-5,10,16H2,1H3/t11-/m0/s1. The summed E-state index contributed by atoms with van der Waals surface area (Å²) in [6.45, 7) is 2.97. The van der Waals surface area contributed by atoms with Gasteiger partial charge in [-0.15, -0.1) is 11.3 Å². The Morgan fingerprint density at radius 2 is 2.32 bits per heavy atom. The Kier molecular flexibility index (Phi) is 3.53. The molecule has 0 amide bonds. The van der Waals surface area contributed by atoms with Crippen LogP contribution in [0, 0.1) is 0 Å². The van der Waals surface area contributed by atoms with E-state index in [2.05, 4.69) is 33.5 Å². The predicted molar refractivity (Wildman–Crippen MR) is 80.4 cm³/mol. The number of nitrogens with two attached hydrogens (primary N) is 1. The lowest BCUT2D eigenvalue weighted by molar-refractivity contribution is 0.773. The molecule has 19 heavy (non-hydrogen) atoms. The van der Waals surface area contributed by atoms with E-state index in [-0.39, 0.29) is 6.04 Å². The van der Waals surface area contributed by atoms with Crippen LogP contribution in [0.25, 0.3) is 0 Å². The first kappa shape index (κ1) is 12.6. The molecule has 0 bridgehead atoms. The predicted octanol–water partition coefficient (Wildman–Crippen LogP) is 3.33. The SMILES string of the molecule is C[C@H](N)c1ccnc(N(Cc2cccs2)C2CC2)c1. The highest BCUT2D eigenvalue weighted by Gasteiger charge is 2.30. The van der Waals surface area contributed by atoms with Gasteiger partial charge in [-0.05, 0) is 48.9 Å². The summed E-state index contributed by atoms with van der Waals surface area (Å²) in [5.41, 5.74) is 7.12. The largest absolute Gasteiger partial charge is 0.348 e. The molecule has 0 aliphatic heterocycles. The quantitative estimate of drug-likeness (QED) is 0.908. The van der Waals surface area contributed by atoms with Gasteiger partial charge in [0.05, 0.1) is 6.54 Å². The normalized spacial score (nSPS) is 16.3. The molecule has 0 aromatic carbocycles. The molecule has 0 unspecified atom stereocenters. The Morgan fingerprint density at radius 1 is 1.47 bits per heavy atom. The smallest absolute Gasteiger partial charge is 0.129 e. The van der Waals surface area contributed by atoms with E-state index in [9.17, 15) is 0 Å². The molecule has 2 heterocycles. The zero-order chi connectivity index (χ0) is 13.2. The van der Waals surface area contributed by atoms with Crippen LogP contribution < -0.4 is 10.6 Å². The van der Waals surface area contributed by atoms with Crippen LogP contribution in [0.2, 0.25) is 0 Å². The maximum Gasteiger partial charge on any atom is 0.129 e. The molecule has 1 aliphatic carbocycles. The van der Waals surface area contributed by atoms with Gasteiger partial charge in [-0.1, -0.05) is 6.07 Å². The van der Waals surface area contributed by atoms with Gasteiger partial charge in [0.1, 0.15) is 5.82 Å². The molecular weight excluding hydrogens is 254 g/mol. The van der Waals surface area contributed by atoms with Gasteiger partial charge in [-0.3, -0.25) is 0 Å². The van der Waals surface area contributed by atoms with Crippen LogP contribution in [0.1, 0.15) is 36.2 Å². The topological polar surface area (TPSA) is 42.1 Å². The van der Waals surface area contributed by atoms with Crippen molar-refractivity contribution in [2.75, 3.05) is 4.90 Å². The first-order valence-electron chi connectivity index (χ1n) is 6.74. The highest BCUT2D eigenvalue weighted by molar-refractivity contribution is 7.09. The molecule has 100 valence electrons. The van der Waals surface area contributed by atoms with Crippen molar-refractivity contribution in [3.63, 3.8) is 0 Å². The Morgan fingerprint density at radius 3 is 2.95 bits per heavy atom. The Bertz CT molecular complexity index is 532. The molecule has 1 fully saturated rings. The van der Waals surface area contributed by atoms with Crippen molar-refractivity contribution in [3.05, 3.63) is 46.3 Å². The van der Waals surface area contributed by atoms with Crippen molar-refractivity contribution < 1.29 is 0 Å². The second-order valence-corrected chi connectivity index (χ2v) is 6.21. The van der Waals surface area contributed by atoms with Gasteiger partial charge < -0.3 is 10.6 Å². The van der Waals surface area contributed by atoms with Crippen molar-refractivity contribution >= 4 is 17.2 Å². The van der Waals surface area contributed by atoms with Crippen molar-refractivity contribution in [1.29, 1.82) is 0 Å². The van der Waals surface area contributed by atoms with E-state index in [1.165, 1.54) is 17.7 Å². The Hall–Kier alpha value is -1.39. The van der Waals surface area contributed by atoms with E-state index >= 15 is 0 Å². The van der Waals surface area contributed by atoms with E-state index in [1.807, 2.05) is 30.5 Å². The van der Waals surface area contributed by atoms with Gasteiger partial charge in [0, 0.05) is 23.2 Å². The zero-order valence-corrected chi connectivity index (χ0v) is 11.9. The van der Waals surface area contributed by atoms with Gasteiger partial charge in [0.2, 0.25) is 0 Å². The van der Waals surface area contributed by atoms with E-state index in [0.717, 1.165) is 17.9 Å². The highest BCUT2D eigenvalue weighted by Crippen LogP contribution is 2.33. The molecule has 2 aromatic rings. The van der Waals surface area contributed by atoms with Crippen LogP contribution in [-0.2, 0) is 6.54 Å². The average molecular weight is 273 g/mol. The third-order valence-corrected chi connectivity index (χ3v) is 4.34. The molecule has 2 N–H and O–H groups in total. The summed E-state index contributed by atoms with van der Waals surface area (Å²) < 4.78 is 0. The average Bonchev–Trinajstić information content (AvgIpc) is 3.13. The molecule has 0 saturated heterocycles. The van der Waals surface area contributed by atoms with Crippen molar-refractivity contribution in [2.24, 2.45) is 5.73 Å². The monoisotopic (exact) mass is 273 g/mol. The summed E-state index contributed by atoms with van der Waals surface area (Å²) in [5.74, 6) is 1.06. The fraction of sp³-hybridized carbons (Fsp3) is 0.400. The molecule has 2 aromatic heterocycles. The Labute approximate surface area is 118 Å². The molecule has 4 heteroatoms. The summed E-state index contributed by atoms with van der Waals surface area (Å²) in [5, 5.41) is 2.13. The summed E-state index contributed by atoms with van der Waals surface area (Å²) in [7, 11) is 0. The molecule has 3 nitrogen and oxygen atoms in total. The lowest BCUT2D eigenvalue weighted by Gasteiger charge is -2.23. The second kappa shape index (κ2) is 5.31. The zero-order valence-electron chi connectivity index (χ0n) is 11.1. The lowest BCUT2D eigenvalue weighted by Crippen LogP contribution is -2.25. The minimum atomic E-state index is 0.0598. The van der Waals surface area contributed by atoms with Gasteiger partial charge in [-0.2, -0.15) is 0 Å². The molecule has 0 radical (unpaired) electrons. The fourth-order valence-corrected chi connectivity index (χ4v) is 2.93. The van der Waals surface area contributed by atoms with Crippen LogP contribution in [-0.4, -0.2) is 11.0 Å². The molecule has 3 rings (SSSR count). The van der Waals surface area contributed by atoms with Crippen molar-refractivity contribution in [3.8, 4) is 0 Å². The first-order chi connectivity index (χ1) is 9.24. The van der Waals surface area contributed by atoms with Gasteiger partial charge in [-0.25, -0.2) is 4.98 Å². The second-order valence-electron chi connectivity index (χ2n) is 5.17. The van der Waals surface area contributed by atoms with Crippen molar-refractivity contribution in [1.82, 2.24) is 4.98 Å². The molecule has 1 aliphatic rings. The summed E-state index contributed by atoms with van der Waals surface area (Å²) in [6, 6.07) is 9.15. The van der Waals surface area contributed by atoms with E-state index in [0.29, 0.717) is 6.04 Å². The van der Waals surface area contributed by atoms with E-state index < -0.39 is 0 Å². The number of rotatable bonds is 5. The van der Waals surface area contributed by atoms with Crippen LogP contribution in [0.3, 0.4) is 0 Å². The molecule has 1 atom stereocenters. The molecular formula is C15H19N3S. The number of hydrogen-bond donors (Lipinski definition) is 1. The summed E-state index contributed by atoms with van der Waals surface area (Å²) in [6.07, 6.45) is 4.42. The Balaban J connectivity index is 1.85. The number of nitrogens with zero attached hydrogens (tertiary/aromatic N) is 2. The first-order valence-corrected chi connectivity index (χ1v) is 7.62. The van der Waals surface area contributed by atoms with E-state index in [4.69, 9.17) is 5.73 Å². The maximum absolute atomic E-state index is 5.97. The lowest BCUT2D eigenvalue weighted by atomic mass is 10.1. The molecule has 1 saturated carbocycles. The number of thiophene rings is 1. The molecule has 0 spiro atoms. The minimum Gasteiger partial charge on any atom is -0.348 e.